The molecule has 2 saturated heterocycles. The van der Waals surface area contributed by atoms with Gasteiger partial charge in [0.1, 0.15) is 0 Å². The van der Waals surface area contributed by atoms with Crippen molar-refractivity contribution >= 4 is 5.96 Å². The lowest BCUT2D eigenvalue weighted by molar-refractivity contribution is 0.0195. The number of morpholine rings is 1. The minimum atomic E-state index is 0.585. The molecule has 0 radical (unpaired) electrons. The molecular weight excluding hydrogens is 312 g/mol. The van der Waals surface area contributed by atoms with E-state index in [0.29, 0.717) is 12.1 Å². The Bertz CT molecular complexity index is 585. The summed E-state index contributed by atoms with van der Waals surface area (Å²) < 4.78 is 5.48. The van der Waals surface area contributed by atoms with Gasteiger partial charge in [0.2, 0.25) is 0 Å². The Morgan fingerprint density at radius 1 is 1.20 bits per heavy atom. The smallest absolute Gasteiger partial charge is 0.193 e. The summed E-state index contributed by atoms with van der Waals surface area (Å²) in [7, 11) is 1.92. The van der Waals surface area contributed by atoms with Crippen molar-refractivity contribution in [2.24, 2.45) is 10.9 Å². The maximum atomic E-state index is 5.48. The molecule has 1 aromatic rings. The number of nitrogens with one attached hydrogen (secondary N) is 1. The fourth-order valence-electron chi connectivity index (χ4n) is 4.20. The van der Waals surface area contributed by atoms with E-state index in [2.05, 4.69) is 50.4 Å². The molecule has 3 unspecified atom stereocenters. The zero-order valence-corrected chi connectivity index (χ0v) is 15.2. The Morgan fingerprint density at radius 3 is 2.76 bits per heavy atom. The van der Waals surface area contributed by atoms with Crippen LogP contribution in [0.1, 0.15) is 18.4 Å². The van der Waals surface area contributed by atoms with Gasteiger partial charge in [-0.2, -0.15) is 0 Å². The normalized spacial score (nSPS) is 30.5. The third-order valence-electron chi connectivity index (χ3n) is 5.81. The van der Waals surface area contributed by atoms with Crippen LogP contribution in [-0.2, 0) is 11.2 Å². The van der Waals surface area contributed by atoms with Crippen LogP contribution in [0.15, 0.2) is 35.3 Å². The van der Waals surface area contributed by atoms with Crippen LogP contribution in [-0.4, -0.2) is 74.3 Å². The summed E-state index contributed by atoms with van der Waals surface area (Å²) in [4.78, 5) is 9.59. The first-order valence-corrected chi connectivity index (χ1v) is 9.67. The van der Waals surface area contributed by atoms with E-state index >= 15 is 0 Å². The molecule has 1 aliphatic carbocycles. The van der Waals surface area contributed by atoms with Crippen LogP contribution in [0.25, 0.3) is 0 Å². The van der Waals surface area contributed by atoms with Crippen molar-refractivity contribution < 1.29 is 4.74 Å². The number of ether oxygens (including phenoxy) is 1. The monoisotopic (exact) mass is 342 g/mol. The molecule has 2 aliphatic heterocycles. The summed E-state index contributed by atoms with van der Waals surface area (Å²) in [6.45, 7) is 6.12. The number of guanidine groups is 1. The Balaban J connectivity index is 1.26. The molecule has 4 rings (SSSR count). The Kier molecular flexibility index (Phi) is 5.22. The van der Waals surface area contributed by atoms with Crippen LogP contribution in [0.3, 0.4) is 0 Å². The molecule has 1 saturated carbocycles. The van der Waals surface area contributed by atoms with E-state index in [4.69, 9.17) is 4.74 Å². The third-order valence-corrected chi connectivity index (χ3v) is 5.81. The van der Waals surface area contributed by atoms with Crippen molar-refractivity contribution in [1.82, 2.24) is 15.1 Å². The molecule has 1 N–H and O–H groups in total. The van der Waals surface area contributed by atoms with E-state index in [1.54, 1.807) is 0 Å². The molecule has 0 bridgehead atoms. The van der Waals surface area contributed by atoms with Crippen LogP contribution in [0.4, 0.5) is 0 Å². The van der Waals surface area contributed by atoms with E-state index in [-0.39, 0.29) is 0 Å². The first kappa shape index (κ1) is 16.9. The predicted molar refractivity (Wildman–Crippen MR) is 101 cm³/mol. The minimum absolute atomic E-state index is 0.585. The molecule has 5 nitrogen and oxygen atoms in total. The first-order valence-electron chi connectivity index (χ1n) is 9.67. The van der Waals surface area contributed by atoms with Crippen LogP contribution in [0, 0.1) is 5.92 Å². The molecule has 3 fully saturated rings. The minimum Gasteiger partial charge on any atom is -0.379 e. The maximum Gasteiger partial charge on any atom is 0.193 e. The van der Waals surface area contributed by atoms with Crippen LogP contribution in [0.5, 0.6) is 0 Å². The number of rotatable bonds is 4. The second-order valence-corrected chi connectivity index (χ2v) is 7.52. The number of hydrogen-bond acceptors (Lipinski definition) is 3. The summed E-state index contributed by atoms with van der Waals surface area (Å²) >= 11 is 0. The topological polar surface area (TPSA) is 40.1 Å². The number of aliphatic imine (C=N–C) groups is 1. The summed E-state index contributed by atoms with van der Waals surface area (Å²) in [5.41, 5.74) is 1.44. The molecule has 25 heavy (non-hydrogen) atoms. The van der Waals surface area contributed by atoms with Gasteiger partial charge in [0, 0.05) is 45.3 Å². The molecule has 0 spiro atoms. The highest BCUT2D eigenvalue weighted by atomic mass is 16.5. The SMILES string of the molecule is CN=C(NC1CC1Cc1ccccc1)N1CCC(N2CCOCC2)C1. The number of likely N-dealkylation sites (tertiary alicyclic amines) is 1. The Labute approximate surface area is 151 Å². The van der Waals surface area contributed by atoms with Crippen molar-refractivity contribution in [3.63, 3.8) is 0 Å². The van der Waals surface area contributed by atoms with Crippen LogP contribution >= 0.6 is 0 Å². The molecule has 0 aromatic heterocycles. The lowest BCUT2D eigenvalue weighted by atomic mass is 10.1. The van der Waals surface area contributed by atoms with Gasteiger partial charge in [-0.25, -0.2) is 0 Å². The highest BCUT2D eigenvalue weighted by Gasteiger charge is 2.39. The van der Waals surface area contributed by atoms with E-state index in [1.807, 2.05) is 7.05 Å². The largest absolute Gasteiger partial charge is 0.379 e. The van der Waals surface area contributed by atoms with E-state index < -0.39 is 0 Å². The van der Waals surface area contributed by atoms with Crippen LogP contribution < -0.4 is 5.32 Å². The molecule has 136 valence electrons. The van der Waals surface area contributed by atoms with Gasteiger partial charge in [0.15, 0.2) is 5.96 Å². The zero-order chi connectivity index (χ0) is 17.1. The molecule has 1 aromatic carbocycles. The number of benzene rings is 1. The fourth-order valence-corrected chi connectivity index (χ4v) is 4.20. The van der Waals surface area contributed by atoms with Gasteiger partial charge in [0.05, 0.1) is 13.2 Å². The molecule has 2 heterocycles. The third kappa shape index (κ3) is 4.15. The average molecular weight is 342 g/mol. The lowest BCUT2D eigenvalue weighted by Gasteiger charge is -2.32. The van der Waals surface area contributed by atoms with Gasteiger partial charge in [0.25, 0.3) is 0 Å². The second kappa shape index (κ2) is 7.75. The van der Waals surface area contributed by atoms with Gasteiger partial charge in [-0.3, -0.25) is 9.89 Å². The van der Waals surface area contributed by atoms with Gasteiger partial charge in [-0.05, 0) is 30.7 Å². The molecule has 3 aliphatic rings. The first-order chi connectivity index (χ1) is 12.3. The number of hydrogen-bond donors (Lipinski definition) is 1. The van der Waals surface area contributed by atoms with Crippen molar-refractivity contribution in [2.75, 3.05) is 46.4 Å². The summed E-state index contributed by atoms with van der Waals surface area (Å²) in [6, 6.07) is 12.1. The summed E-state index contributed by atoms with van der Waals surface area (Å²) in [5, 5.41) is 3.71. The fraction of sp³-hybridized carbons (Fsp3) is 0.650. The van der Waals surface area contributed by atoms with Gasteiger partial charge in [-0.15, -0.1) is 0 Å². The summed E-state index contributed by atoms with van der Waals surface area (Å²) in [6.07, 6.45) is 3.67. The standard InChI is InChI=1S/C20H30N4O/c1-21-20(22-19-14-17(19)13-16-5-3-2-4-6-16)24-8-7-18(15-24)23-9-11-25-12-10-23/h2-6,17-19H,7-15H2,1H3,(H,21,22). The van der Waals surface area contributed by atoms with Crippen molar-refractivity contribution in [3.8, 4) is 0 Å². The zero-order valence-electron chi connectivity index (χ0n) is 15.2. The van der Waals surface area contributed by atoms with Crippen LogP contribution in [0.2, 0.25) is 0 Å². The molecule has 5 heteroatoms. The molecule has 0 amide bonds. The summed E-state index contributed by atoms with van der Waals surface area (Å²) in [5.74, 6) is 1.84. The quantitative estimate of drug-likeness (QED) is 0.666. The lowest BCUT2D eigenvalue weighted by Crippen LogP contribution is -2.47. The molecule has 3 atom stereocenters. The van der Waals surface area contributed by atoms with E-state index in [9.17, 15) is 0 Å². The predicted octanol–water partition coefficient (Wildman–Crippen LogP) is 1.60. The Hall–Kier alpha value is -1.59. The van der Waals surface area contributed by atoms with Gasteiger partial charge in [-0.1, -0.05) is 30.3 Å². The maximum absolute atomic E-state index is 5.48. The highest BCUT2D eigenvalue weighted by Crippen LogP contribution is 2.34. The Morgan fingerprint density at radius 2 is 2.00 bits per heavy atom. The van der Waals surface area contributed by atoms with Crippen molar-refractivity contribution in [3.05, 3.63) is 35.9 Å². The number of nitrogens with zero attached hydrogens (tertiary/aromatic N) is 3. The van der Waals surface area contributed by atoms with Crippen molar-refractivity contribution in [1.29, 1.82) is 0 Å². The van der Waals surface area contributed by atoms with Gasteiger partial charge >= 0.3 is 0 Å². The van der Waals surface area contributed by atoms with E-state index in [1.165, 1.54) is 24.8 Å². The average Bonchev–Trinajstić information content (AvgIpc) is 3.19. The van der Waals surface area contributed by atoms with E-state index in [0.717, 1.165) is 51.3 Å². The van der Waals surface area contributed by atoms with Gasteiger partial charge < -0.3 is 15.0 Å². The van der Waals surface area contributed by atoms with Crippen molar-refractivity contribution in [2.45, 2.75) is 31.3 Å². The second-order valence-electron chi connectivity index (χ2n) is 7.52. The molecular formula is C20H30N4O. The highest BCUT2D eigenvalue weighted by molar-refractivity contribution is 5.81.